The predicted octanol–water partition coefficient (Wildman–Crippen LogP) is 5.05. The molecule has 1 amide bonds. The monoisotopic (exact) mass is 407 g/mol. The Bertz CT molecular complexity index is 1050. The molecule has 0 atom stereocenters. The third-order valence-corrected chi connectivity index (χ3v) is 3.92. The zero-order valence-electron chi connectivity index (χ0n) is 16.0. The number of azo groups is 1. The molecule has 0 saturated heterocycles. The van der Waals surface area contributed by atoms with Gasteiger partial charge < -0.3 is 14.8 Å². The second-order valence-electron chi connectivity index (χ2n) is 6.05. The fourth-order valence-electron chi connectivity index (χ4n) is 2.42. The van der Waals surface area contributed by atoms with E-state index in [4.69, 9.17) is 9.47 Å². The summed E-state index contributed by atoms with van der Waals surface area (Å²) in [5.41, 5.74) is 1.55. The highest BCUT2D eigenvalue weighted by Gasteiger charge is 2.15. The lowest BCUT2D eigenvalue weighted by atomic mass is 10.2. The summed E-state index contributed by atoms with van der Waals surface area (Å²) in [6.07, 6.45) is 0. The highest BCUT2D eigenvalue weighted by Crippen LogP contribution is 2.20. The van der Waals surface area contributed by atoms with Gasteiger partial charge in [0.05, 0.1) is 24.0 Å². The number of carbonyl (C=O) groups excluding carboxylic acids is 2. The molecule has 0 spiro atoms. The molecule has 0 radical (unpaired) electrons. The zero-order valence-corrected chi connectivity index (χ0v) is 16.0. The SMILES string of the molecule is COc1ccc(C(=O)OCC(=O)Nc2ccc(N=Nc3ccccc3)cc2)c(F)c1. The number of nitrogens with one attached hydrogen (secondary N) is 1. The molecule has 3 aromatic carbocycles. The number of halogens is 1. The van der Waals surface area contributed by atoms with Gasteiger partial charge in [0, 0.05) is 11.8 Å². The third kappa shape index (κ3) is 5.71. The van der Waals surface area contributed by atoms with Gasteiger partial charge in [-0.25, -0.2) is 9.18 Å². The Labute approximate surface area is 172 Å². The summed E-state index contributed by atoms with van der Waals surface area (Å²) >= 11 is 0. The number of anilines is 1. The lowest BCUT2D eigenvalue weighted by molar-refractivity contribution is -0.119. The predicted molar refractivity (Wildman–Crippen MR) is 109 cm³/mol. The Balaban J connectivity index is 1.51. The van der Waals surface area contributed by atoms with E-state index in [9.17, 15) is 14.0 Å². The van der Waals surface area contributed by atoms with Crippen molar-refractivity contribution in [1.29, 1.82) is 0 Å². The maximum Gasteiger partial charge on any atom is 0.341 e. The first-order valence-corrected chi connectivity index (χ1v) is 8.92. The summed E-state index contributed by atoms with van der Waals surface area (Å²) < 4.78 is 23.6. The van der Waals surface area contributed by atoms with Gasteiger partial charge in [0.1, 0.15) is 11.6 Å². The van der Waals surface area contributed by atoms with Crippen LogP contribution in [0.3, 0.4) is 0 Å². The number of nitrogens with zero attached hydrogens (tertiary/aromatic N) is 2. The number of esters is 1. The fraction of sp³-hybridized carbons (Fsp3) is 0.0909. The molecule has 0 heterocycles. The van der Waals surface area contributed by atoms with Gasteiger partial charge in [-0.1, -0.05) is 18.2 Å². The summed E-state index contributed by atoms with van der Waals surface area (Å²) in [7, 11) is 1.38. The number of hydrogen-bond acceptors (Lipinski definition) is 6. The van der Waals surface area contributed by atoms with Crippen molar-refractivity contribution in [1.82, 2.24) is 0 Å². The average molecular weight is 407 g/mol. The van der Waals surface area contributed by atoms with E-state index in [-0.39, 0.29) is 11.3 Å². The van der Waals surface area contributed by atoms with Crippen molar-refractivity contribution in [3.63, 3.8) is 0 Å². The van der Waals surface area contributed by atoms with Gasteiger partial charge in [0.2, 0.25) is 0 Å². The second-order valence-corrected chi connectivity index (χ2v) is 6.05. The molecule has 3 aromatic rings. The molecular formula is C22H18FN3O4. The molecule has 0 aliphatic heterocycles. The van der Waals surface area contributed by atoms with E-state index in [2.05, 4.69) is 15.5 Å². The molecule has 3 rings (SSSR count). The molecule has 8 heteroatoms. The number of hydrogen-bond donors (Lipinski definition) is 1. The molecule has 0 bridgehead atoms. The number of benzene rings is 3. The quantitative estimate of drug-likeness (QED) is 0.439. The van der Waals surface area contributed by atoms with Gasteiger partial charge in [0.25, 0.3) is 5.91 Å². The van der Waals surface area contributed by atoms with Crippen LogP contribution in [-0.2, 0) is 9.53 Å². The summed E-state index contributed by atoms with van der Waals surface area (Å²) in [6.45, 7) is -0.556. The number of amides is 1. The Kier molecular flexibility index (Phi) is 6.83. The minimum atomic E-state index is -0.943. The molecule has 0 saturated carbocycles. The van der Waals surface area contributed by atoms with Gasteiger partial charge in [-0.05, 0) is 48.5 Å². The average Bonchev–Trinajstić information content (AvgIpc) is 2.77. The highest BCUT2D eigenvalue weighted by molar-refractivity contribution is 5.95. The first-order chi connectivity index (χ1) is 14.5. The van der Waals surface area contributed by atoms with E-state index >= 15 is 0 Å². The first-order valence-electron chi connectivity index (χ1n) is 8.92. The largest absolute Gasteiger partial charge is 0.497 e. The van der Waals surface area contributed by atoms with Crippen molar-refractivity contribution in [2.75, 3.05) is 19.0 Å². The molecule has 0 unspecified atom stereocenters. The lowest BCUT2D eigenvalue weighted by Gasteiger charge is -2.08. The standard InChI is InChI=1S/C22H18FN3O4/c1-29-18-11-12-19(20(23)13-18)22(28)30-14-21(27)24-15-7-9-17(10-8-15)26-25-16-5-3-2-4-6-16/h2-13H,14H2,1H3,(H,24,27). The number of methoxy groups -OCH3 is 1. The van der Waals surface area contributed by atoms with Crippen LogP contribution < -0.4 is 10.1 Å². The summed E-state index contributed by atoms with van der Waals surface area (Å²) in [5, 5.41) is 10.8. The van der Waals surface area contributed by atoms with Crippen molar-refractivity contribution < 1.29 is 23.5 Å². The van der Waals surface area contributed by atoms with Crippen LogP contribution in [0.25, 0.3) is 0 Å². The van der Waals surface area contributed by atoms with E-state index in [1.807, 2.05) is 30.3 Å². The van der Waals surface area contributed by atoms with Crippen LogP contribution in [0.5, 0.6) is 5.75 Å². The summed E-state index contributed by atoms with van der Waals surface area (Å²) in [6, 6.07) is 19.6. The van der Waals surface area contributed by atoms with Crippen molar-refractivity contribution in [2.45, 2.75) is 0 Å². The van der Waals surface area contributed by atoms with Gasteiger partial charge in [-0.2, -0.15) is 10.2 Å². The van der Waals surface area contributed by atoms with E-state index in [0.717, 1.165) is 11.8 Å². The molecule has 0 aliphatic carbocycles. The molecule has 152 valence electrons. The van der Waals surface area contributed by atoms with Gasteiger partial charge in [-0.3, -0.25) is 4.79 Å². The van der Waals surface area contributed by atoms with Crippen LogP contribution in [-0.4, -0.2) is 25.6 Å². The maximum absolute atomic E-state index is 13.9. The fourth-order valence-corrected chi connectivity index (χ4v) is 2.42. The molecular weight excluding hydrogens is 389 g/mol. The van der Waals surface area contributed by atoms with Crippen molar-refractivity contribution >= 4 is 28.9 Å². The van der Waals surface area contributed by atoms with Gasteiger partial charge in [0.15, 0.2) is 6.61 Å². The minimum Gasteiger partial charge on any atom is -0.497 e. The van der Waals surface area contributed by atoms with E-state index in [0.29, 0.717) is 11.4 Å². The van der Waals surface area contributed by atoms with Gasteiger partial charge in [-0.15, -0.1) is 0 Å². The topological polar surface area (TPSA) is 89.3 Å². The molecule has 0 aliphatic rings. The molecule has 30 heavy (non-hydrogen) atoms. The first kappa shape index (κ1) is 20.7. The maximum atomic E-state index is 13.9. The second kappa shape index (κ2) is 9.92. The minimum absolute atomic E-state index is 0.272. The van der Waals surface area contributed by atoms with Crippen LogP contribution >= 0.6 is 0 Å². The van der Waals surface area contributed by atoms with Crippen molar-refractivity contribution in [2.24, 2.45) is 10.2 Å². The zero-order chi connectivity index (χ0) is 21.3. The molecule has 7 nitrogen and oxygen atoms in total. The summed E-state index contributed by atoms with van der Waals surface area (Å²) in [5.74, 6) is -2.02. The van der Waals surface area contributed by atoms with E-state index in [1.165, 1.54) is 19.2 Å². The van der Waals surface area contributed by atoms with E-state index < -0.39 is 24.3 Å². The van der Waals surface area contributed by atoms with E-state index in [1.54, 1.807) is 24.3 Å². The van der Waals surface area contributed by atoms with Crippen LogP contribution in [0.15, 0.2) is 83.0 Å². The number of ether oxygens (including phenoxy) is 2. The van der Waals surface area contributed by atoms with Crippen LogP contribution in [0.1, 0.15) is 10.4 Å². The highest BCUT2D eigenvalue weighted by atomic mass is 19.1. The Hall–Kier alpha value is -4.07. The lowest BCUT2D eigenvalue weighted by Crippen LogP contribution is -2.21. The third-order valence-electron chi connectivity index (χ3n) is 3.92. The smallest absolute Gasteiger partial charge is 0.341 e. The molecule has 0 fully saturated rings. The normalized spacial score (nSPS) is 10.6. The molecule has 0 aromatic heterocycles. The van der Waals surface area contributed by atoms with Crippen LogP contribution in [0.2, 0.25) is 0 Å². The number of rotatable bonds is 7. The summed E-state index contributed by atoms with van der Waals surface area (Å²) in [4.78, 5) is 23.9. The molecule has 1 N–H and O–H groups in total. The van der Waals surface area contributed by atoms with Crippen molar-refractivity contribution in [3.8, 4) is 5.75 Å². The van der Waals surface area contributed by atoms with Crippen LogP contribution in [0, 0.1) is 5.82 Å². The Morgan fingerprint density at radius 2 is 1.60 bits per heavy atom. The van der Waals surface area contributed by atoms with Crippen molar-refractivity contribution in [3.05, 3.63) is 84.2 Å². The van der Waals surface area contributed by atoms with Gasteiger partial charge >= 0.3 is 5.97 Å². The number of carbonyl (C=O) groups is 2. The van der Waals surface area contributed by atoms with Crippen LogP contribution in [0.4, 0.5) is 21.5 Å². The Morgan fingerprint density at radius 3 is 2.23 bits per heavy atom. The Morgan fingerprint density at radius 1 is 0.933 bits per heavy atom.